The van der Waals surface area contributed by atoms with Gasteiger partial charge >= 0.3 is 0 Å². The van der Waals surface area contributed by atoms with E-state index in [9.17, 15) is 19.2 Å². The Morgan fingerprint density at radius 1 is 0.488 bits per heavy atom. The Balaban J connectivity index is -0.000000402. The van der Waals surface area contributed by atoms with Crippen LogP contribution in [0.2, 0.25) is 0 Å². The molecule has 4 amide bonds. The summed E-state index contributed by atoms with van der Waals surface area (Å²) in [5.41, 5.74) is 26.5. The fourth-order valence-corrected chi connectivity index (χ4v) is 13.5. The monoisotopic (exact) mass is 1730 g/mol. The summed E-state index contributed by atoms with van der Waals surface area (Å²) in [4.78, 5) is 62.2. The van der Waals surface area contributed by atoms with Crippen LogP contribution in [0.3, 0.4) is 0 Å². The van der Waals surface area contributed by atoms with Gasteiger partial charge in [-0.1, -0.05) is 152 Å². The molecule has 0 bridgehead atoms. The standard InChI is InChI=1S/C9H20N2.2C9H19N.2C8H16N2O.C8H16N2.C8H18N2.C8H17NO.C6H14N2O.C5H11NO.C4H12N2.C4H11NO.C4H11N.C4H10O/c1-9(2)8-11-6-3-4-10-5-7-11;1-9(2,3)8-10-6-4-5-7-10;1-9(2)8-10-6-4-3-5-7-10;1-7(2)6-10-4-3-9-5-8(10)11;1-7(2)5-10-4-3-9-8(11)6-10;1-7(2)10-5-8(6-10)3-9-4-8;1-8(2)7-10-5-3-9-4-6-10;1-8(2)7-9-3-5-10-6-4-9;1-5(2)8-6(9)3-4-7;1-4(2)3-5(6)7;2*1-4(2)6-3-5;2*1-4(2)3-5/h9-10H,3-8H2,1-2H3;4-8H2,1-3H3;9H,3-8H2,1-2H3;7,9H,3-6H2,1-2H3;7H,3-6H2,1-2H3,(H,9,11);7,9H,3-6H2,1-2H3;8-9H,3-7H2,1-2H3;8H,3-7H2,1-2H3;5H,3-4,7H2,1-2H3,(H,8,9);4H,3H2,1-2H3,(H2,6,7);4,6H,3,5H2,1-2H3;4H,3,5H2,1-2H3;4H,3,5H2,1-2H3;4-5H,3H2,1-2H3. The van der Waals surface area contributed by atoms with E-state index < -0.39 is 0 Å². The lowest BCUT2D eigenvalue weighted by Crippen LogP contribution is -2.72. The van der Waals surface area contributed by atoms with Gasteiger partial charge < -0.3 is 105 Å². The molecule has 9 aliphatic rings. The molecule has 0 unspecified atom stereocenters. The molecule has 0 radical (unpaired) electrons. The highest BCUT2D eigenvalue weighted by molar-refractivity contribution is 5.79. The second kappa shape index (κ2) is 81.6. The van der Waals surface area contributed by atoms with Crippen molar-refractivity contribution in [1.82, 2.24) is 76.4 Å². The Hall–Kier alpha value is -2.88. The number of carbonyl (C=O) groups is 4. The SMILES string of the molecule is CC(C)(C)CN1CCCC1.CC(C)CC(N)=O.CC(C)CN.CC(C)CN1CCCCC1.CC(C)CN1CCCNCC1.CC(C)CN1CCNC(=O)C1.CC(C)CN1CCNCC1.CC(C)CN1CCNCC1=O.CC(C)CN1CCOCC1.CC(C)CO.CC(C)N1CC2(CNC2)C1.CC(C)NC(=O)CCN.CC(C)NCN.CC(C)OCN. The molecule has 9 saturated heterocycles. The summed E-state index contributed by atoms with van der Waals surface area (Å²) in [6.07, 6.45) is 9.64. The quantitative estimate of drug-likeness (QED) is 0.0379. The first kappa shape index (κ1) is 127. The summed E-state index contributed by atoms with van der Waals surface area (Å²) < 4.78 is 10.1. The molecule has 1 spiro atoms. The highest BCUT2D eigenvalue weighted by atomic mass is 16.5. The second-order valence-corrected chi connectivity index (χ2v) is 40.3. The average Bonchev–Trinajstić information content (AvgIpc) is 1.07. The fourth-order valence-electron chi connectivity index (χ4n) is 13.5. The molecule has 0 saturated carbocycles. The highest BCUT2D eigenvalue weighted by Crippen LogP contribution is 2.35. The topological polar surface area (TPSA) is 347 Å². The van der Waals surface area contributed by atoms with Gasteiger partial charge in [-0.05, 0) is 192 Å². The zero-order valence-corrected chi connectivity index (χ0v) is 84.9. The number of amides is 4. The van der Waals surface area contributed by atoms with E-state index in [1.165, 1.54) is 176 Å². The van der Waals surface area contributed by atoms with Crippen LogP contribution < -0.4 is 65.9 Å². The smallest absolute Gasteiger partial charge is 0.236 e. The van der Waals surface area contributed by atoms with Crippen LogP contribution in [-0.2, 0) is 28.7 Å². The van der Waals surface area contributed by atoms with Crippen LogP contribution in [0.4, 0.5) is 0 Å². The van der Waals surface area contributed by atoms with Gasteiger partial charge in [-0.25, -0.2) is 0 Å². The van der Waals surface area contributed by atoms with Crippen molar-refractivity contribution in [3.63, 3.8) is 0 Å². The third-order valence-corrected chi connectivity index (χ3v) is 19.1. The van der Waals surface area contributed by atoms with E-state index in [0.29, 0.717) is 98.9 Å². The summed E-state index contributed by atoms with van der Waals surface area (Å²) >= 11 is 0. The van der Waals surface area contributed by atoms with Crippen molar-refractivity contribution in [3.05, 3.63) is 0 Å². The van der Waals surface area contributed by atoms with Crippen molar-refractivity contribution >= 4 is 23.6 Å². The first-order chi connectivity index (χ1) is 56.7. The van der Waals surface area contributed by atoms with Crippen LogP contribution in [0.15, 0.2) is 0 Å². The van der Waals surface area contributed by atoms with Crippen molar-refractivity contribution < 1.29 is 33.8 Å². The summed E-state index contributed by atoms with van der Waals surface area (Å²) in [6, 6.07) is 1.50. The molecule has 9 aliphatic heterocycles. The van der Waals surface area contributed by atoms with Gasteiger partial charge in [0.25, 0.3) is 0 Å². The molecule has 27 nitrogen and oxygen atoms in total. The number of aliphatic hydroxyl groups is 1. The molecule has 0 aromatic carbocycles. The maximum absolute atomic E-state index is 11.2. The average molecular weight is 1730 g/mol. The van der Waals surface area contributed by atoms with Crippen molar-refractivity contribution in [1.29, 1.82) is 0 Å². The van der Waals surface area contributed by atoms with Gasteiger partial charge in [0.15, 0.2) is 0 Å². The number of piperidine rings is 1. The number of likely N-dealkylation sites (tertiary alicyclic amines) is 3. The maximum atomic E-state index is 11.2. The van der Waals surface area contributed by atoms with Crippen LogP contribution in [0.5, 0.6) is 0 Å². The molecule has 9 heterocycles. The predicted molar refractivity (Wildman–Crippen MR) is 520 cm³/mol. The molecule has 0 aromatic heterocycles. The highest BCUT2D eigenvalue weighted by Gasteiger charge is 2.48. The molecule has 0 atom stereocenters. The summed E-state index contributed by atoms with van der Waals surface area (Å²) in [6.45, 7) is 102. The molecular weight excluding hydrogens is 1520 g/mol. The summed E-state index contributed by atoms with van der Waals surface area (Å²) in [7, 11) is 0. The number of hydrogen-bond acceptors (Lipinski definition) is 23. The first-order valence-corrected chi connectivity index (χ1v) is 48.1. The van der Waals surface area contributed by atoms with Gasteiger partial charge in [0.1, 0.15) is 0 Å². The molecule has 18 N–H and O–H groups in total. The van der Waals surface area contributed by atoms with Crippen molar-refractivity contribution in [2.45, 2.75) is 276 Å². The minimum atomic E-state index is -0.213. The minimum absolute atomic E-state index is 0.0347. The van der Waals surface area contributed by atoms with E-state index >= 15 is 0 Å². The fraction of sp³-hybridized carbons (Fsp3) is 0.957. The van der Waals surface area contributed by atoms with E-state index in [0.717, 1.165) is 102 Å². The number of aliphatic hydroxyl groups excluding tert-OH is 1. The van der Waals surface area contributed by atoms with Gasteiger partial charge in [-0.3, -0.25) is 33.9 Å². The number of piperazine rings is 3. The molecule has 27 heteroatoms. The third-order valence-electron chi connectivity index (χ3n) is 19.1. The molecule has 0 aliphatic carbocycles. The Kier molecular flexibility index (Phi) is 85.4. The van der Waals surface area contributed by atoms with E-state index in [1.807, 2.05) is 60.3 Å². The summed E-state index contributed by atoms with van der Waals surface area (Å²) in [5.74, 6) is 6.23. The van der Waals surface area contributed by atoms with Crippen LogP contribution in [0.25, 0.3) is 0 Å². The number of ether oxygens (including phenoxy) is 2. The number of primary amides is 1. The maximum Gasteiger partial charge on any atom is 0.236 e. The number of nitrogens with one attached hydrogen (secondary N) is 7. The Morgan fingerprint density at radius 3 is 1.23 bits per heavy atom. The van der Waals surface area contributed by atoms with Crippen molar-refractivity contribution in [2.24, 2.45) is 92.8 Å². The van der Waals surface area contributed by atoms with Gasteiger partial charge in [0.05, 0.1) is 39.1 Å². The molecule has 9 fully saturated rings. The molecule has 0 aromatic rings. The van der Waals surface area contributed by atoms with E-state index in [1.54, 1.807) is 0 Å². The van der Waals surface area contributed by atoms with Gasteiger partial charge in [-0.2, -0.15) is 0 Å². The lowest BCUT2D eigenvalue weighted by molar-refractivity contribution is -0.132. The molecule has 121 heavy (non-hydrogen) atoms. The largest absolute Gasteiger partial charge is 0.396 e. The van der Waals surface area contributed by atoms with Gasteiger partial charge in [-0.15, -0.1) is 0 Å². The van der Waals surface area contributed by atoms with Crippen LogP contribution in [0, 0.1) is 64.1 Å². The number of nitrogens with zero attached hydrogens (tertiary/aromatic N) is 8. The van der Waals surface area contributed by atoms with Crippen LogP contribution in [0.1, 0.15) is 252 Å². The Bertz CT molecular complexity index is 2180. The Morgan fingerprint density at radius 2 is 0.901 bits per heavy atom. The lowest BCUT2D eigenvalue weighted by atomic mass is 9.74. The number of morpholine rings is 1. The zero-order valence-electron chi connectivity index (χ0n) is 84.9. The number of carbonyl (C=O) groups excluding carboxylic acids is 4. The lowest BCUT2D eigenvalue weighted by Gasteiger charge is -2.57. The van der Waals surface area contributed by atoms with E-state index in [-0.39, 0.29) is 35.8 Å². The van der Waals surface area contributed by atoms with E-state index in [4.69, 9.17) is 43.2 Å². The van der Waals surface area contributed by atoms with Gasteiger partial charge in [0.2, 0.25) is 23.6 Å². The molecule has 728 valence electrons. The molecular formula is C94H210N20O7. The number of rotatable bonds is 25. The summed E-state index contributed by atoms with van der Waals surface area (Å²) in [5, 5.41) is 29.8. The third kappa shape index (κ3) is 91.7. The number of hydrogen-bond donors (Lipinski definition) is 13. The predicted octanol–water partition coefficient (Wildman–Crippen LogP) is 9.01. The second-order valence-electron chi connectivity index (χ2n) is 40.3. The number of nitrogens with two attached hydrogens (primary N) is 5. The van der Waals surface area contributed by atoms with Gasteiger partial charge in [0, 0.05) is 207 Å². The van der Waals surface area contributed by atoms with E-state index in [2.05, 4.69) is 217 Å². The van der Waals surface area contributed by atoms with Crippen LogP contribution in [-0.4, -0.2) is 341 Å². The first-order valence-electron chi connectivity index (χ1n) is 48.1. The normalized spacial score (nSPS) is 18.5. The van der Waals surface area contributed by atoms with Crippen molar-refractivity contribution in [2.75, 3.05) is 249 Å². The minimum Gasteiger partial charge on any atom is -0.396 e. The molecule has 9 rings (SSSR count). The zero-order chi connectivity index (χ0) is 93.3. The Labute approximate surface area is 748 Å². The van der Waals surface area contributed by atoms with Crippen LogP contribution >= 0.6 is 0 Å². The van der Waals surface area contributed by atoms with Crippen molar-refractivity contribution in [3.8, 4) is 0 Å².